The van der Waals surface area contributed by atoms with Crippen LogP contribution < -0.4 is 15.1 Å². The zero-order chi connectivity index (χ0) is 21.6. The zero-order valence-electron chi connectivity index (χ0n) is 15.9. The maximum absolute atomic E-state index is 13.0. The molecule has 0 bridgehead atoms. The van der Waals surface area contributed by atoms with E-state index in [-0.39, 0.29) is 11.6 Å². The Kier molecular flexibility index (Phi) is 4.89. The molecule has 3 aromatic rings. The maximum Gasteiger partial charge on any atom is 0.416 e. The Hall–Kier alpha value is -3.14. The first-order valence-electron chi connectivity index (χ1n) is 8.89. The van der Waals surface area contributed by atoms with Gasteiger partial charge < -0.3 is 0 Å². The third-order valence-corrected chi connectivity index (χ3v) is 5.40. The molecule has 1 aromatic heterocycles. The van der Waals surface area contributed by atoms with Crippen molar-refractivity contribution >= 4 is 23.4 Å². The largest absolute Gasteiger partial charge is 0.416 e. The highest BCUT2D eigenvalue weighted by Crippen LogP contribution is 2.38. The number of alkyl halides is 3. The first kappa shape index (κ1) is 20.1. The van der Waals surface area contributed by atoms with E-state index in [0.29, 0.717) is 22.0 Å². The molecule has 30 heavy (non-hydrogen) atoms. The lowest BCUT2D eigenvalue weighted by molar-refractivity contribution is -0.763. The Balaban J connectivity index is 2.01. The lowest BCUT2D eigenvalue weighted by Crippen LogP contribution is -2.60. The Morgan fingerprint density at radius 3 is 2.43 bits per heavy atom. The first-order chi connectivity index (χ1) is 14.2. The molecule has 1 aliphatic heterocycles. The molecule has 0 unspecified atom stereocenters. The molecule has 0 fully saturated rings. The Morgan fingerprint density at radius 1 is 1.17 bits per heavy atom. The van der Waals surface area contributed by atoms with Gasteiger partial charge in [0.1, 0.15) is 0 Å². The van der Waals surface area contributed by atoms with Gasteiger partial charge in [0.25, 0.3) is 6.17 Å². The molecule has 1 N–H and O–H groups in total. The van der Waals surface area contributed by atoms with E-state index >= 15 is 0 Å². The number of thioether (sulfide) groups is 1. The van der Waals surface area contributed by atoms with Gasteiger partial charge in [-0.05, 0) is 47.3 Å². The van der Waals surface area contributed by atoms with Crippen molar-refractivity contribution in [1.82, 2.24) is 10.1 Å². The molecular weight excluding hydrogens is 417 g/mol. The number of anilines is 1. The van der Waals surface area contributed by atoms with Crippen LogP contribution in [0.5, 0.6) is 0 Å². The molecular formula is C20H16F3N4O2S+. The summed E-state index contributed by atoms with van der Waals surface area (Å²) in [4.78, 5) is 29.6. The highest BCUT2D eigenvalue weighted by atomic mass is 32.2. The molecule has 10 heteroatoms. The highest BCUT2D eigenvalue weighted by Gasteiger charge is 2.45. The zero-order valence-corrected chi connectivity index (χ0v) is 16.7. The van der Waals surface area contributed by atoms with Crippen molar-refractivity contribution < 1.29 is 22.6 Å². The number of fused-ring (bicyclic) bond motifs is 3. The van der Waals surface area contributed by atoms with Gasteiger partial charge in [0, 0.05) is 17.6 Å². The lowest BCUT2D eigenvalue weighted by atomic mass is 10.0. The molecule has 6 nitrogen and oxygen atoms in total. The summed E-state index contributed by atoms with van der Waals surface area (Å²) in [5, 5.41) is 4.78. The van der Waals surface area contributed by atoms with Crippen LogP contribution in [0.1, 0.15) is 24.2 Å². The number of aromatic nitrogens is 3. The van der Waals surface area contributed by atoms with Crippen LogP contribution >= 0.6 is 11.8 Å². The predicted octanol–water partition coefficient (Wildman–Crippen LogP) is 3.38. The third-order valence-electron chi connectivity index (χ3n) is 4.83. The molecule has 2 aromatic carbocycles. The van der Waals surface area contributed by atoms with Crippen molar-refractivity contribution in [2.75, 3.05) is 11.2 Å². The number of H-pyrrole nitrogens is 1. The van der Waals surface area contributed by atoms with Crippen LogP contribution in [-0.4, -0.2) is 22.2 Å². The SMILES string of the molecule is CSc1n[n+]2c(c(=O)[nH]1)-c1ccccc1N(C(C)=O)[C@H]2c1ccc(C(F)(F)F)cc1. The molecule has 0 spiro atoms. The summed E-state index contributed by atoms with van der Waals surface area (Å²) < 4.78 is 40.5. The summed E-state index contributed by atoms with van der Waals surface area (Å²) in [6, 6.07) is 11.4. The summed E-state index contributed by atoms with van der Waals surface area (Å²) in [5.74, 6) is -0.335. The van der Waals surface area contributed by atoms with E-state index in [2.05, 4.69) is 10.1 Å². The van der Waals surface area contributed by atoms with Gasteiger partial charge in [0.2, 0.25) is 11.1 Å². The van der Waals surface area contributed by atoms with Crippen molar-refractivity contribution in [3.05, 3.63) is 70.0 Å². The molecule has 2 heterocycles. The van der Waals surface area contributed by atoms with Gasteiger partial charge in [-0.3, -0.25) is 14.6 Å². The van der Waals surface area contributed by atoms with Crippen molar-refractivity contribution in [3.63, 3.8) is 0 Å². The fourth-order valence-electron chi connectivity index (χ4n) is 3.55. The second-order valence-corrected chi connectivity index (χ2v) is 7.45. The summed E-state index contributed by atoms with van der Waals surface area (Å²) in [5.41, 5.74) is 0.416. The molecule has 0 aliphatic carbocycles. The van der Waals surface area contributed by atoms with Gasteiger partial charge in [0.05, 0.1) is 16.8 Å². The van der Waals surface area contributed by atoms with Crippen LogP contribution in [0.4, 0.5) is 18.9 Å². The first-order valence-corrected chi connectivity index (χ1v) is 10.1. The molecule has 1 atom stereocenters. The minimum Gasteiger partial charge on any atom is -0.291 e. The van der Waals surface area contributed by atoms with Crippen molar-refractivity contribution in [2.24, 2.45) is 0 Å². The third kappa shape index (κ3) is 3.26. The molecule has 4 rings (SSSR count). The maximum atomic E-state index is 13.0. The van der Waals surface area contributed by atoms with Gasteiger partial charge in [-0.25, -0.2) is 4.90 Å². The highest BCUT2D eigenvalue weighted by molar-refractivity contribution is 7.98. The molecule has 0 radical (unpaired) electrons. The summed E-state index contributed by atoms with van der Waals surface area (Å²) >= 11 is 1.21. The number of aromatic amines is 1. The van der Waals surface area contributed by atoms with E-state index in [1.54, 1.807) is 30.5 Å². The fourth-order valence-corrected chi connectivity index (χ4v) is 3.91. The standard InChI is InChI=1S/C20H15F3N4O2S/c1-11(28)26-15-6-4-3-5-14(15)16-17(29)24-19(30-2)25-27(16)18(26)12-7-9-13(10-8-12)20(21,22)23/h3-10,18H,1-2H3/p+1/t18-/m1/s1. The van der Waals surface area contributed by atoms with Crippen LogP contribution in [0.2, 0.25) is 0 Å². The quantitative estimate of drug-likeness (QED) is 0.497. The minimum atomic E-state index is -4.48. The number of hydrogen-bond donors (Lipinski definition) is 1. The number of carbonyl (C=O) groups excluding carboxylic acids is 1. The number of para-hydroxylation sites is 1. The van der Waals surface area contributed by atoms with Gasteiger partial charge in [0.15, 0.2) is 0 Å². The van der Waals surface area contributed by atoms with E-state index in [1.165, 1.54) is 40.4 Å². The summed E-state index contributed by atoms with van der Waals surface area (Å²) in [6.45, 7) is 1.36. The number of halogens is 3. The number of hydrogen-bond acceptors (Lipinski definition) is 4. The second kappa shape index (κ2) is 7.28. The average molecular weight is 433 g/mol. The van der Waals surface area contributed by atoms with Crippen LogP contribution in [0.3, 0.4) is 0 Å². The van der Waals surface area contributed by atoms with Crippen molar-refractivity contribution in [1.29, 1.82) is 0 Å². The number of nitrogens with zero attached hydrogens (tertiary/aromatic N) is 3. The van der Waals surface area contributed by atoms with E-state index in [4.69, 9.17) is 0 Å². The number of benzene rings is 2. The normalized spacial score (nSPS) is 15.5. The Bertz CT molecular complexity index is 1190. The number of amides is 1. The van der Waals surface area contributed by atoms with Crippen molar-refractivity contribution in [3.8, 4) is 11.3 Å². The monoisotopic (exact) mass is 433 g/mol. The van der Waals surface area contributed by atoms with Gasteiger partial charge >= 0.3 is 17.4 Å². The lowest BCUT2D eigenvalue weighted by Gasteiger charge is -2.31. The van der Waals surface area contributed by atoms with Crippen LogP contribution in [-0.2, 0) is 11.0 Å². The van der Waals surface area contributed by atoms with Gasteiger partial charge in [-0.2, -0.15) is 13.2 Å². The van der Waals surface area contributed by atoms with Crippen LogP contribution in [0, 0.1) is 0 Å². The summed E-state index contributed by atoms with van der Waals surface area (Å²) in [7, 11) is 0. The predicted molar refractivity (Wildman–Crippen MR) is 105 cm³/mol. The Labute approximate surface area is 173 Å². The van der Waals surface area contributed by atoms with E-state index < -0.39 is 23.5 Å². The van der Waals surface area contributed by atoms with Crippen molar-refractivity contribution in [2.45, 2.75) is 24.4 Å². The molecule has 0 saturated carbocycles. The van der Waals surface area contributed by atoms with Gasteiger partial charge in [-0.15, -0.1) is 0 Å². The molecule has 1 aliphatic rings. The van der Waals surface area contributed by atoms with Gasteiger partial charge in [-0.1, -0.05) is 23.9 Å². The Morgan fingerprint density at radius 2 is 1.83 bits per heavy atom. The number of rotatable bonds is 2. The number of carbonyl (C=O) groups is 1. The minimum absolute atomic E-state index is 0.228. The molecule has 1 amide bonds. The van der Waals surface area contributed by atoms with Crippen LogP contribution in [0.25, 0.3) is 11.3 Å². The van der Waals surface area contributed by atoms with E-state index in [9.17, 15) is 22.8 Å². The summed E-state index contributed by atoms with van der Waals surface area (Å²) in [6.07, 6.45) is -3.66. The van der Waals surface area contributed by atoms with Crippen LogP contribution in [0.15, 0.2) is 58.5 Å². The average Bonchev–Trinajstić information content (AvgIpc) is 2.71. The van der Waals surface area contributed by atoms with E-state index in [1.807, 2.05) is 0 Å². The number of nitrogens with one attached hydrogen (secondary N) is 1. The molecule has 154 valence electrons. The topological polar surface area (TPSA) is 69.9 Å². The van der Waals surface area contributed by atoms with E-state index in [0.717, 1.165) is 12.1 Å². The smallest absolute Gasteiger partial charge is 0.291 e. The molecule has 0 saturated heterocycles. The fraction of sp³-hybridized carbons (Fsp3) is 0.200. The second-order valence-electron chi connectivity index (χ2n) is 6.66.